The number of aromatic nitrogens is 2. The number of aryl methyl sites for hydroxylation is 1. The summed E-state index contributed by atoms with van der Waals surface area (Å²) in [5.74, 6) is 0.619. The maximum Gasteiger partial charge on any atom is 0.0706 e. The molecular formula is C14H21N3. The van der Waals surface area contributed by atoms with Gasteiger partial charge in [-0.15, -0.1) is 0 Å². The zero-order valence-corrected chi connectivity index (χ0v) is 10.9. The molecule has 0 radical (unpaired) electrons. The van der Waals surface area contributed by atoms with Gasteiger partial charge in [0.15, 0.2) is 0 Å². The Bertz CT molecular complexity index is 487. The second-order valence-electron chi connectivity index (χ2n) is 4.70. The van der Waals surface area contributed by atoms with Crippen molar-refractivity contribution in [2.75, 3.05) is 13.1 Å². The van der Waals surface area contributed by atoms with Crippen molar-refractivity contribution in [1.29, 1.82) is 0 Å². The number of rotatable bonds is 5. The molecule has 2 rings (SSSR count). The Morgan fingerprint density at radius 3 is 2.88 bits per heavy atom. The summed E-state index contributed by atoms with van der Waals surface area (Å²) in [6.07, 6.45) is 1.04. The molecule has 1 N–H and O–H groups in total. The van der Waals surface area contributed by atoms with Crippen molar-refractivity contribution >= 4 is 10.9 Å². The second kappa shape index (κ2) is 5.32. The van der Waals surface area contributed by atoms with E-state index < -0.39 is 0 Å². The summed E-state index contributed by atoms with van der Waals surface area (Å²) in [5.41, 5.74) is 2.44. The summed E-state index contributed by atoms with van der Waals surface area (Å²) in [5, 5.41) is 9.31. The van der Waals surface area contributed by atoms with Crippen LogP contribution in [0.2, 0.25) is 0 Å². The van der Waals surface area contributed by atoms with Crippen molar-refractivity contribution in [3.8, 4) is 0 Å². The van der Waals surface area contributed by atoms with E-state index >= 15 is 0 Å². The van der Waals surface area contributed by atoms with Gasteiger partial charge in [0.1, 0.15) is 0 Å². The van der Waals surface area contributed by atoms with Crippen LogP contribution in [0.5, 0.6) is 0 Å². The van der Waals surface area contributed by atoms with Crippen LogP contribution in [0.25, 0.3) is 10.9 Å². The predicted octanol–water partition coefficient (Wildman–Crippen LogP) is 2.36. The molecule has 0 aliphatic heterocycles. The van der Waals surface area contributed by atoms with Crippen molar-refractivity contribution in [2.45, 2.75) is 20.3 Å². The third-order valence-electron chi connectivity index (χ3n) is 3.12. The van der Waals surface area contributed by atoms with Gasteiger partial charge in [-0.3, -0.25) is 4.68 Å². The SMILES string of the molecule is CCNCC(C)Cc1nn(C)c2ccccc12. The van der Waals surface area contributed by atoms with Crippen LogP contribution in [-0.2, 0) is 13.5 Å². The van der Waals surface area contributed by atoms with E-state index in [1.54, 1.807) is 0 Å². The van der Waals surface area contributed by atoms with Gasteiger partial charge in [-0.2, -0.15) is 5.10 Å². The topological polar surface area (TPSA) is 29.9 Å². The van der Waals surface area contributed by atoms with E-state index in [1.165, 1.54) is 16.6 Å². The lowest BCUT2D eigenvalue weighted by Gasteiger charge is -2.09. The first kappa shape index (κ1) is 12.1. The van der Waals surface area contributed by atoms with E-state index in [0.29, 0.717) is 5.92 Å². The Kier molecular flexibility index (Phi) is 3.79. The molecule has 92 valence electrons. The Labute approximate surface area is 103 Å². The molecule has 0 spiro atoms. The van der Waals surface area contributed by atoms with Gasteiger partial charge in [-0.25, -0.2) is 0 Å². The number of para-hydroxylation sites is 1. The monoisotopic (exact) mass is 231 g/mol. The van der Waals surface area contributed by atoms with E-state index in [-0.39, 0.29) is 0 Å². The molecule has 1 aromatic carbocycles. The molecule has 0 amide bonds. The molecule has 0 aliphatic carbocycles. The first-order chi connectivity index (χ1) is 8.22. The molecule has 0 fully saturated rings. The second-order valence-corrected chi connectivity index (χ2v) is 4.70. The third kappa shape index (κ3) is 2.67. The van der Waals surface area contributed by atoms with E-state index in [9.17, 15) is 0 Å². The molecular weight excluding hydrogens is 210 g/mol. The van der Waals surface area contributed by atoms with Gasteiger partial charge >= 0.3 is 0 Å². The number of hydrogen-bond acceptors (Lipinski definition) is 2. The van der Waals surface area contributed by atoms with Gasteiger partial charge in [0, 0.05) is 12.4 Å². The summed E-state index contributed by atoms with van der Waals surface area (Å²) < 4.78 is 1.98. The quantitative estimate of drug-likeness (QED) is 0.856. The first-order valence-corrected chi connectivity index (χ1v) is 6.33. The number of benzene rings is 1. The smallest absolute Gasteiger partial charge is 0.0706 e. The van der Waals surface area contributed by atoms with Crippen molar-refractivity contribution in [3.63, 3.8) is 0 Å². The van der Waals surface area contributed by atoms with Crippen molar-refractivity contribution in [1.82, 2.24) is 15.1 Å². The Balaban J connectivity index is 2.18. The lowest BCUT2D eigenvalue weighted by Crippen LogP contribution is -2.22. The molecule has 17 heavy (non-hydrogen) atoms. The maximum atomic E-state index is 4.63. The average molecular weight is 231 g/mol. The highest BCUT2D eigenvalue weighted by atomic mass is 15.3. The summed E-state index contributed by atoms with van der Waals surface area (Å²) >= 11 is 0. The fraction of sp³-hybridized carbons (Fsp3) is 0.500. The Hall–Kier alpha value is -1.35. The largest absolute Gasteiger partial charge is 0.317 e. The van der Waals surface area contributed by atoms with Crippen LogP contribution in [-0.4, -0.2) is 22.9 Å². The molecule has 2 aromatic rings. The van der Waals surface area contributed by atoms with Crippen LogP contribution in [0.15, 0.2) is 24.3 Å². The molecule has 3 nitrogen and oxygen atoms in total. The van der Waals surface area contributed by atoms with Crippen LogP contribution in [0, 0.1) is 5.92 Å². The molecule has 1 heterocycles. The zero-order chi connectivity index (χ0) is 12.3. The van der Waals surface area contributed by atoms with Gasteiger partial charge in [-0.05, 0) is 31.5 Å². The standard InChI is InChI=1S/C14H21N3/c1-4-15-10-11(2)9-13-12-7-5-6-8-14(12)17(3)16-13/h5-8,11,15H,4,9-10H2,1-3H3. The highest BCUT2D eigenvalue weighted by molar-refractivity contribution is 5.81. The molecule has 0 bridgehead atoms. The molecule has 1 aromatic heterocycles. The highest BCUT2D eigenvalue weighted by Gasteiger charge is 2.11. The number of nitrogens with one attached hydrogen (secondary N) is 1. The molecule has 0 saturated heterocycles. The fourth-order valence-corrected chi connectivity index (χ4v) is 2.23. The number of nitrogens with zero attached hydrogens (tertiary/aromatic N) is 2. The average Bonchev–Trinajstić information content (AvgIpc) is 2.65. The van der Waals surface area contributed by atoms with E-state index in [4.69, 9.17) is 0 Å². The van der Waals surface area contributed by atoms with Crippen LogP contribution >= 0.6 is 0 Å². The molecule has 0 aliphatic rings. The van der Waals surface area contributed by atoms with Crippen LogP contribution in [0.1, 0.15) is 19.5 Å². The minimum atomic E-state index is 0.619. The minimum absolute atomic E-state index is 0.619. The lowest BCUT2D eigenvalue weighted by atomic mass is 10.0. The zero-order valence-electron chi connectivity index (χ0n) is 10.9. The first-order valence-electron chi connectivity index (χ1n) is 6.33. The molecule has 0 saturated carbocycles. The van der Waals surface area contributed by atoms with E-state index in [0.717, 1.165) is 19.5 Å². The molecule has 1 unspecified atom stereocenters. The van der Waals surface area contributed by atoms with Crippen molar-refractivity contribution in [3.05, 3.63) is 30.0 Å². The number of fused-ring (bicyclic) bond motifs is 1. The highest BCUT2D eigenvalue weighted by Crippen LogP contribution is 2.19. The third-order valence-corrected chi connectivity index (χ3v) is 3.12. The van der Waals surface area contributed by atoms with Gasteiger partial charge < -0.3 is 5.32 Å². The lowest BCUT2D eigenvalue weighted by molar-refractivity contribution is 0.514. The molecule has 1 atom stereocenters. The van der Waals surface area contributed by atoms with Gasteiger partial charge in [0.05, 0.1) is 11.2 Å². The van der Waals surface area contributed by atoms with Crippen molar-refractivity contribution in [2.24, 2.45) is 13.0 Å². The van der Waals surface area contributed by atoms with Crippen LogP contribution < -0.4 is 5.32 Å². The van der Waals surface area contributed by atoms with Gasteiger partial charge in [-0.1, -0.05) is 32.0 Å². The normalized spacial score (nSPS) is 13.1. The van der Waals surface area contributed by atoms with Crippen LogP contribution in [0.4, 0.5) is 0 Å². The Morgan fingerprint density at radius 1 is 1.35 bits per heavy atom. The summed E-state index contributed by atoms with van der Waals surface area (Å²) in [7, 11) is 2.01. The number of hydrogen-bond donors (Lipinski definition) is 1. The fourth-order valence-electron chi connectivity index (χ4n) is 2.23. The predicted molar refractivity (Wildman–Crippen MR) is 72.1 cm³/mol. The maximum absolute atomic E-state index is 4.63. The van der Waals surface area contributed by atoms with E-state index in [2.05, 4.69) is 48.5 Å². The summed E-state index contributed by atoms with van der Waals surface area (Å²) in [4.78, 5) is 0. The van der Waals surface area contributed by atoms with Gasteiger partial charge in [0.2, 0.25) is 0 Å². The van der Waals surface area contributed by atoms with Crippen LogP contribution in [0.3, 0.4) is 0 Å². The van der Waals surface area contributed by atoms with E-state index in [1.807, 2.05) is 11.7 Å². The van der Waals surface area contributed by atoms with Crippen molar-refractivity contribution < 1.29 is 0 Å². The van der Waals surface area contributed by atoms with Gasteiger partial charge in [0.25, 0.3) is 0 Å². The molecule has 3 heteroatoms. The summed E-state index contributed by atoms with van der Waals surface area (Å²) in [6, 6.07) is 8.44. The minimum Gasteiger partial charge on any atom is -0.317 e. The Morgan fingerprint density at radius 2 is 2.12 bits per heavy atom. The summed E-state index contributed by atoms with van der Waals surface area (Å²) in [6.45, 7) is 6.50.